The number of nitrogens with zero attached hydrogens (tertiary/aromatic N) is 1. The lowest BCUT2D eigenvalue weighted by atomic mass is 10.2. The minimum atomic E-state index is -0.190. The Labute approximate surface area is 134 Å². The standard InChI is InChI=1S/C15H11BrClN3O/c16-10-6-5-9(7-11(10)17)15(21)18-8-14-19-12-3-1-2-4-13(12)20-14/h1-7H,8H2,(H,18,21)(H,19,20). The maximum atomic E-state index is 12.1. The fourth-order valence-electron chi connectivity index (χ4n) is 1.99. The van der Waals surface area contributed by atoms with Crippen LogP contribution in [0.25, 0.3) is 11.0 Å². The van der Waals surface area contributed by atoms with Crippen molar-refractivity contribution in [3.63, 3.8) is 0 Å². The van der Waals surface area contributed by atoms with E-state index < -0.39 is 0 Å². The highest BCUT2D eigenvalue weighted by atomic mass is 79.9. The number of rotatable bonds is 3. The summed E-state index contributed by atoms with van der Waals surface area (Å²) in [7, 11) is 0. The van der Waals surface area contributed by atoms with Gasteiger partial charge >= 0.3 is 0 Å². The van der Waals surface area contributed by atoms with Crippen LogP contribution < -0.4 is 5.32 Å². The zero-order valence-electron chi connectivity index (χ0n) is 10.9. The van der Waals surface area contributed by atoms with E-state index in [0.29, 0.717) is 23.0 Å². The molecule has 1 amide bonds. The lowest BCUT2D eigenvalue weighted by Gasteiger charge is -2.04. The van der Waals surface area contributed by atoms with Crippen LogP contribution in [0.15, 0.2) is 46.9 Å². The Bertz CT molecular complexity index is 783. The van der Waals surface area contributed by atoms with Gasteiger partial charge in [0, 0.05) is 10.0 Å². The lowest BCUT2D eigenvalue weighted by molar-refractivity contribution is 0.0950. The second-order valence-corrected chi connectivity index (χ2v) is 5.77. The van der Waals surface area contributed by atoms with Crippen molar-refractivity contribution in [2.24, 2.45) is 0 Å². The number of amides is 1. The summed E-state index contributed by atoms with van der Waals surface area (Å²) in [5, 5.41) is 3.32. The average Bonchev–Trinajstić information content (AvgIpc) is 2.90. The number of hydrogen-bond donors (Lipinski definition) is 2. The molecule has 0 aliphatic rings. The summed E-state index contributed by atoms with van der Waals surface area (Å²) in [6.45, 7) is 0.335. The Balaban J connectivity index is 1.71. The van der Waals surface area contributed by atoms with Crippen LogP contribution in [0.5, 0.6) is 0 Å². The number of H-pyrrole nitrogens is 1. The van der Waals surface area contributed by atoms with Crippen molar-refractivity contribution in [1.82, 2.24) is 15.3 Å². The fraction of sp³-hybridized carbons (Fsp3) is 0.0667. The smallest absolute Gasteiger partial charge is 0.251 e. The summed E-state index contributed by atoms with van der Waals surface area (Å²) in [5.74, 6) is 0.526. The molecule has 0 aliphatic heterocycles. The number of carbonyl (C=O) groups excluding carboxylic acids is 1. The molecule has 2 N–H and O–H groups in total. The average molecular weight is 365 g/mol. The highest BCUT2D eigenvalue weighted by molar-refractivity contribution is 9.10. The maximum Gasteiger partial charge on any atom is 0.251 e. The van der Waals surface area contributed by atoms with E-state index in [1.165, 1.54) is 0 Å². The Morgan fingerprint density at radius 1 is 1.29 bits per heavy atom. The van der Waals surface area contributed by atoms with Gasteiger partial charge in [-0.05, 0) is 46.3 Å². The number of benzene rings is 2. The van der Waals surface area contributed by atoms with E-state index in [4.69, 9.17) is 11.6 Å². The molecular formula is C15H11BrClN3O. The quantitative estimate of drug-likeness (QED) is 0.740. The number of carbonyl (C=O) groups is 1. The van der Waals surface area contributed by atoms with E-state index in [1.807, 2.05) is 24.3 Å². The topological polar surface area (TPSA) is 57.8 Å². The van der Waals surface area contributed by atoms with Crippen molar-refractivity contribution in [3.8, 4) is 0 Å². The van der Waals surface area contributed by atoms with Crippen LogP contribution in [-0.4, -0.2) is 15.9 Å². The van der Waals surface area contributed by atoms with Gasteiger partial charge in [0.2, 0.25) is 0 Å². The molecule has 0 atom stereocenters. The molecule has 1 heterocycles. The van der Waals surface area contributed by atoms with Crippen LogP contribution in [0.2, 0.25) is 5.02 Å². The first-order valence-electron chi connectivity index (χ1n) is 6.30. The third-order valence-electron chi connectivity index (χ3n) is 3.04. The minimum Gasteiger partial charge on any atom is -0.345 e. The van der Waals surface area contributed by atoms with Crippen molar-refractivity contribution in [1.29, 1.82) is 0 Å². The molecule has 1 aromatic heterocycles. The number of imidazole rings is 1. The predicted molar refractivity (Wildman–Crippen MR) is 86.4 cm³/mol. The molecule has 0 bridgehead atoms. The second-order valence-electron chi connectivity index (χ2n) is 4.51. The Hall–Kier alpha value is -1.85. The molecule has 6 heteroatoms. The maximum absolute atomic E-state index is 12.1. The van der Waals surface area contributed by atoms with Gasteiger partial charge in [-0.1, -0.05) is 23.7 Å². The molecule has 4 nitrogen and oxygen atoms in total. The minimum absolute atomic E-state index is 0.190. The molecule has 0 saturated carbocycles. The number of aromatic amines is 1. The van der Waals surface area contributed by atoms with Crippen molar-refractivity contribution in [2.45, 2.75) is 6.54 Å². The first-order valence-corrected chi connectivity index (χ1v) is 7.47. The molecule has 2 aromatic carbocycles. The third kappa shape index (κ3) is 3.09. The fourth-order valence-corrected chi connectivity index (χ4v) is 2.42. The van der Waals surface area contributed by atoms with Crippen LogP contribution in [-0.2, 0) is 6.54 Å². The summed E-state index contributed by atoms with van der Waals surface area (Å²) in [4.78, 5) is 19.6. The van der Waals surface area contributed by atoms with Gasteiger partial charge in [-0.25, -0.2) is 4.98 Å². The molecule has 0 fully saturated rings. The van der Waals surface area contributed by atoms with E-state index in [9.17, 15) is 4.79 Å². The van der Waals surface area contributed by atoms with Crippen molar-refractivity contribution >= 4 is 44.5 Å². The van der Waals surface area contributed by atoms with Gasteiger partial charge < -0.3 is 10.3 Å². The van der Waals surface area contributed by atoms with E-state index >= 15 is 0 Å². The van der Waals surface area contributed by atoms with Gasteiger partial charge in [-0.3, -0.25) is 4.79 Å². The molecule has 21 heavy (non-hydrogen) atoms. The summed E-state index contributed by atoms with van der Waals surface area (Å²) >= 11 is 9.28. The molecule has 0 radical (unpaired) electrons. The van der Waals surface area contributed by atoms with E-state index in [0.717, 1.165) is 15.5 Å². The number of para-hydroxylation sites is 2. The molecule has 0 spiro atoms. The number of hydrogen-bond acceptors (Lipinski definition) is 2. The van der Waals surface area contributed by atoms with Gasteiger partial charge in [0.1, 0.15) is 5.82 Å². The molecule has 3 aromatic rings. The van der Waals surface area contributed by atoms with Crippen molar-refractivity contribution in [2.75, 3.05) is 0 Å². The number of halogens is 2. The largest absolute Gasteiger partial charge is 0.345 e. The zero-order chi connectivity index (χ0) is 14.8. The van der Waals surface area contributed by atoms with Gasteiger partial charge in [-0.2, -0.15) is 0 Å². The number of aromatic nitrogens is 2. The van der Waals surface area contributed by atoms with Gasteiger partial charge in [0.05, 0.1) is 22.6 Å². The van der Waals surface area contributed by atoms with Crippen LogP contribution in [0, 0.1) is 0 Å². The van der Waals surface area contributed by atoms with Crippen LogP contribution in [0.3, 0.4) is 0 Å². The first-order chi connectivity index (χ1) is 10.1. The number of fused-ring (bicyclic) bond motifs is 1. The third-order valence-corrected chi connectivity index (χ3v) is 4.27. The van der Waals surface area contributed by atoms with E-state index in [-0.39, 0.29) is 5.91 Å². The van der Waals surface area contributed by atoms with Crippen LogP contribution >= 0.6 is 27.5 Å². The zero-order valence-corrected chi connectivity index (χ0v) is 13.2. The normalized spacial score (nSPS) is 10.8. The SMILES string of the molecule is O=C(NCc1nc2ccccc2[nH]1)c1ccc(Br)c(Cl)c1. The van der Waals surface area contributed by atoms with Crippen molar-refractivity contribution in [3.05, 3.63) is 63.3 Å². The number of nitrogens with one attached hydrogen (secondary N) is 2. The summed E-state index contributed by atoms with van der Waals surface area (Å²) < 4.78 is 0.762. The lowest BCUT2D eigenvalue weighted by Crippen LogP contribution is -2.23. The highest BCUT2D eigenvalue weighted by Crippen LogP contribution is 2.23. The highest BCUT2D eigenvalue weighted by Gasteiger charge is 2.09. The van der Waals surface area contributed by atoms with E-state index in [2.05, 4.69) is 31.2 Å². The van der Waals surface area contributed by atoms with E-state index in [1.54, 1.807) is 18.2 Å². The van der Waals surface area contributed by atoms with Crippen LogP contribution in [0.4, 0.5) is 0 Å². The Morgan fingerprint density at radius 3 is 2.86 bits per heavy atom. The molecule has 0 unspecified atom stereocenters. The Morgan fingerprint density at radius 2 is 2.10 bits per heavy atom. The van der Waals surface area contributed by atoms with Gasteiger partial charge in [0.25, 0.3) is 5.91 Å². The predicted octanol–water partition coefficient (Wildman–Crippen LogP) is 3.91. The summed E-state index contributed by atoms with van der Waals surface area (Å²) in [6, 6.07) is 12.8. The second kappa shape index (κ2) is 5.87. The molecule has 106 valence electrons. The van der Waals surface area contributed by atoms with Crippen molar-refractivity contribution < 1.29 is 4.79 Å². The first kappa shape index (κ1) is 14.1. The monoisotopic (exact) mass is 363 g/mol. The molecular weight excluding hydrogens is 354 g/mol. The Kier molecular flexibility index (Phi) is 3.94. The molecule has 3 rings (SSSR count). The van der Waals surface area contributed by atoms with Gasteiger partial charge in [0.15, 0.2) is 0 Å². The molecule has 0 saturated heterocycles. The summed E-state index contributed by atoms with van der Waals surface area (Å²) in [5.41, 5.74) is 2.35. The van der Waals surface area contributed by atoms with Crippen LogP contribution in [0.1, 0.15) is 16.2 Å². The molecule has 0 aliphatic carbocycles. The summed E-state index contributed by atoms with van der Waals surface area (Å²) in [6.07, 6.45) is 0. The van der Waals surface area contributed by atoms with Gasteiger partial charge in [-0.15, -0.1) is 0 Å².